The highest BCUT2D eigenvalue weighted by atomic mass is 16.5. The van der Waals surface area contributed by atoms with Gasteiger partial charge in [0.25, 0.3) is 0 Å². The number of benzene rings is 1. The van der Waals surface area contributed by atoms with Crippen molar-refractivity contribution in [1.29, 1.82) is 0 Å². The molecular weight excluding hydrogens is 466 g/mol. The Labute approximate surface area is 224 Å². The minimum atomic E-state index is -0.751. The number of aliphatic carboxylic acids is 1. The second kappa shape index (κ2) is 14.1. The molecule has 7 heteroatoms. The molecule has 0 radical (unpaired) electrons. The first kappa shape index (κ1) is 29.4. The number of nitrogens with zero attached hydrogens (tertiary/aromatic N) is 3. The van der Waals surface area contributed by atoms with Gasteiger partial charge in [-0.3, -0.25) is 14.5 Å². The Kier molecular flexibility index (Phi) is 11.3. The van der Waals surface area contributed by atoms with Crippen molar-refractivity contribution >= 4 is 11.9 Å². The molecule has 0 spiro atoms. The van der Waals surface area contributed by atoms with Crippen molar-refractivity contribution in [2.45, 2.75) is 77.7 Å². The minimum Gasteiger partial charge on any atom is -0.493 e. The fourth-order valence-electron chi connectivity index (χ4n) is 6.15. The molecule has 0 aliphatic carbocycles. The number of unbranched alkanes of at least 4 members (excludes halogenated alkanes) is 1. The zero-order chi connectivity index (χ0) is 26.9. The number of hydrogen-bond acceptors (Lipinski definition) is 5. The van der Waals surface area contributed by atoms with Crippen LogP contribution in [0.5, 0.6) is 5.75 Å². The molecule has 0 aromatic heterocycles. The van der Waals surface area contributed by atoms with Crippen LogP contribution in [0.15, 0.2) is 18.2 Å². The predicted molar refractivity (Wildman–Crippen MR) is 148 cm³/mol. The van der Waals surface area contributed by atoms with Gasteiger partial charge in [0.1, 0.15) is 5.75 Å². The molecule has 1 N–H and O–H groups in total. The average Bonchev–Trinajstić information content (AvgIpc) is 3.45. The van der Waals surface area contributed by atoms with Crippen LogP contribution in [-0.2, 0) is 16.0 Å². The zero-order valence-corrected chi connectivity index (χ0v) is 23.7. The van der Waals surface area contributed by atoms with E-state index in [1.165, 1.54) is 5.56 Å². The molecule has 2 aliphatic heterocycles. The van der Waals surface area contributed by atoms with Crippen molar-refractivity contribution in [3.63, 3.8) is 0 Å². The molecule has 4 atom stereocenters. The molecule has 0 bridgehead atoms. The molecule has 208 valence electrons. The molecule has 1 aromatic carbocycles. The van der Waals surface area contributed by atoms with Gasteiger partial charge in [-0.15, -0.1) is 0 Å². The summed E-state index contributed by atoms with van der Waals surface area (Å²) in [6.45, 7) is 10.6. The van der Waals surface area contributed by atoms with Crippen molar-refractivity contribution in [3.05, 3.63) is 29.3 Å². The third-order valence-corrected chi connectivity index (χ3v) is 8.11. The highest BCUT2D eigenvalue weighted by Gasteiger charge is 2.47. The summed E-state index contributed by atoms with van der Waals surface area (Å²) in [6.07, 6.45) is 6.79. The van der Waals surface area contributed by atoms with Gasteiger partial charge in [0.05, 0.1) is 19.1 Å². The lowest BCUT2D eigenvalue weighted by Gasteiger charge is -2.31. The molecule has 0 saturated carbocycles. The van der Waals surface area contributed by atoms with Gasteiger partial charge in [-0.1, -0.05) is 52.2 Å². The first-order chi connectivity index (χ1) is 17.7. The van der Waals surface area contributed by atoms with Crippen molar-refractivity contribution in [2.75, 3.05) is 53.4 Å². The molecule has 3 rings (SSSR count). The van der Waals surface area contributed by atoms with Crippen molar-refractivity contribution in [3.8, 4) is 5.75 Å². The maximum Gasteiger partial charge on any atom is 0.308 e. The van der Waals surface area contributed by atoms with E-state index in [2.05, 4.69) is 50.7 Å². The second-order valence-electron chi connectivity index (χ2n) is 11.5. The van der Waals surface area contributed by atoms with Crippen LogP contribution in [0, 0.1) is 11.8 Å². The summed E-state index contributed by atoms with van der Waals surface area (Å²) in [4.78, 5) is 32.7. The molecule has 2 aliphatic rings. The monoisotopic (exact) mass is 515 g/mol. The Morgan fingerprint density at radius 1 is 1.14 bits per heavy atom. The van der Waals surface area contributed by atoms with E-state index in [0.29, 0.717) is 25.6 Å². The summed E-state index contributed by atoms with van der Waals surface area (Å²) in [5.74, 6) is 0.0563. The van der Waals surface area contributed by atoms with Gasteiger partial charge < -0.3 is 19.6 Å². The van der Waals surface area contributed by atoms with E-state index >= 15 is 0 Å². The molecular formula is C30H49N3O4. The third-order valence-electron chi connectivity index (χ3n) is 8.11. The number of fused-ring (bicyclic) bond motifs is 1. The number of hydrogen-bond donors (Lipinski definition) is 1. The van der Waals surface area contributed by atoms with Crippen LogP contribution < -0.4 is 4.74 Å². The standard InChI is InChI=1S/C30H49N3O4/c1-6-8-15-32(16-9-14-31(4)5)28(34)21-33-20-25(23-11-12-27-24(19-23)13-17-37-27)29(30(35)36)26(33)18-22(3)10-7-2/h11-12,19,22,25-26,29H,6-10,13-18,20-21H2,1-5H3,(H,35,36)/t22?,25-,26+,29-/m1/s1. The van der Waals surface area contributed by atoms with Crippen molar-refractivity contribution < 1.29 is 19.4 Å². The molecule has 1 saturated heterocycles. The van der Waals surface area contributed by atoms with Crippen LogP contribution in [0.2, 0.25) is 0 Å². The molecule has 37 heavy (non-hydrogen) atoms. The highest BCUT2D eigenvalue weighted by Crippen LogP contribution is 2.42. The largest absolute Gasteiger partial charge is 0.493 e. The molecule has 2 heterocycles. The number of carbonyl (C=O) groups excluding carboxylic acids is 1. The SMILES string of the molecule is CCCCN(CCCN(C)C)C(=O)CN1C[C@H](c2ccc3c(c2)CCO3)[C@@H](C(=O)O)[C@@H]1CC(C)CCC. The zero-order valence-electron chi connectivity index (χ0n) is 23.7. The van der Waals surface area contributed by atoms with E-state index in [1.807, 2.05) is 17.0 Å². The number of carboxylic acid groups (broad SMARTS) is 1. The number of likely N-dealkylation sites (tertiary alicyclic amines) is 1. The number of ether oxygens (including phenoxy) is 1. The lowest BCUT2D eigenvalue weighted by Crippen LogP contribution is -2.45. The van der Waals surface area contributed by atoms with Crippen molar-refractivity contribution in [2.24, 2.45) is 11.8 Å². The van der Waals surface area contributed by atoms with E-state index in [1.54, 1.807) is 0 Å². The first-order valence-electron chi connectivity index (χ1n) is 14.4. The van der Waals surface area contributed by atoms with E-state index in [9.17, 15) is 14.7 Å². The van der Waals surface area contributed by atoms with Crippen LogP contribution in [-0.4, -0.2) is 91.2 Å². The van der Waals surface area contributed by atoms with E-state index in [0.717, 1.165) is 75.9 Å². The van der Waals surface area contributed by atoms with Gasteiger partial charge in [-0.25, -0.2) is 0 Å². The van der Waals surface area contributed by atoms with Crippen LogP contribution in [0.4, 0.5) is 0 Å². The van der Waals surface area contributed by atoms with Gasteiger partial charge in [0.2, 0.25) is 5.91 Å². The van der Waals surface area contributed by atoms with Crippen LogP contribution in [0.25, 0.3) is 0 Å². The minimum absolute atomic E-state index is 0.132. The predicted octanol–water partition coefficient (Wildman–Crippen LogP) is 4.50. The highest BCUT2D eigenvalue weighted by molar-refractivity contribution is 5.79. The summed E-state index contributed by atoms with van der Waals surface area (Å²) in [6, 6.07) is 6.04. The Morgan fingerprint density at radius 3 is 2.57 bits per heavy atom. The van der Waals surface area contributed by atoms with E-state index in [-0.39, 0.29) is 17.9 Å². The van der Waals surface area contributed by atoms with Crippen LogP contribution in [0.1, 0.15) is 76.3 Å². The summed E-state index contributed by atoms with van der Waals surface area (Å²) in [5.41, 5.74) is 2.23. The molecule has 1 unspecified atom stereocenters. The number of carbonyl (C=O) groups is 2. The van der Waals surface area contributed by atoms with Gasteiger partial charge in [-0.2, -0.15) is 0 Å². The Hall–Kier alpha value is -2.12. The fourth-order valence-corrected chi connectivity index (χ4v) is 6.15. The number of carboxylic acids is 1. The molecule has 7 nitrogen and oxygen atoms in total. The van der Waals surface area contributed by atoms with Gasteiger partial charge in [0.15, 0.2) is 0 Å². The second-order valence-corrected chi connectivity index (χ2v) is 11.5. The maximum absolute atomic E-state index is 13.6. The maximum atomic E-state index is 13.6. The molecule has 1 fully saturated rings. The van der Waals surface area contributed by atoms with Crippen molar-refractivity contribution in [1.82, 2.24) is 14.7 Å². The number of amides is 1. The molecule has 1 aromatic rings. The lowest BCUT2D eigenvalue weighted by molar-refractivity contribution is -0.144. The summed E-state index contributed by atoms with van der Waals surface area (Å²) in [7, 11) is 4.11. The smallest absolute Gasteiger partial charge is 0.308 e. The Bertz CT molecular complexity index is 890. The van der Waals surface area contributed by atoms with E-state index < -0.39 is 11.9 Å². The summed E-state index contributed by atoms with van der Waals surface area (Å²) >= 11 is 0. The Balaban J connectivity index is 1.84. The van der Waals surface area contributed by atoms with Crippen LogP contribution in [0.3, 0.4) is 0 Å². The summed E-state index contributed by atoms with van der Waals surface area (Å²) in [5, 5.41) is 10.4. The molecule has 1 amide bonds. The van der Waals surface area contributed by atoms with E-state index in [4.69, 9.17) is 4.74 Å². The summed E-state index contributed by atoms with van der Waals surface area (Å²) < 4.78 is 5.69. The van der Waals surface area contributed by atoms with Gasteiger partial charge in [0, 0.05) is 38.0 Å². The lowest BCUT2D eigenvalue weighted by atomic mass is 9.81. The quantitative estimate of drug-likeness (QED) is 0.371. The van der Waals surface area contributed by atoms with Crippen LogP contribution >= 0.6 is 0 Å². The van der Waals surface area contributed by atoms with Gasteiger partial charge >= 0.3 is 5.97 Å². The average molecular weight is 516 g/mol. The third kappa shape index (κ3) is 7.93. The topological polar surface area (TPSA) is 73.3 Å². The van der Waals surface area contributed by atoms with Gasteiger partial charge in [-0.05, 0) is 63.0 Å². The number of rotatable bonds is 15. The normalized spacial score (nSPS) is 22.2. The fraction of sp³-hybridized carbons (Fsp3) is 0.733. The first-order valence-corrected chi connectivity index (χ1v) is 14.4. The Morgan fingerprint density at radius 2 is 1.89 bits per heavy atom.